The summed E-state index contributed by atoms with van der Waals surface area (Å²) in [7, 11) is 3.53. The fraction of sp³-hybridized carbons (Fsp3) is 0.400. The summed E-state index contributed by atoms with van der Waals surface area (Å²) in [6, 6.07) is 5.93. The molecule has 0 atom stereocenters. The highest BCUT2D eigenvalue weighted by molar-refractivity contribution is 9.10. The average molecular weight is 355 g/mol. The van der Waals surface area contributed by atoms with Crippen LogP contribution in [-0.2, 0) is 24.5 Å². The third-order valence-electron chi connectivity index (χ3n) is 2.94. The fourth-order valence-corrected chi connectivity index (χ4v) is 2.73. The molecule has 0 bridgehead atoms. The summed E-state index contributed by atoms with van der Waals surface area (Å²) in [4.78, 5) is 0. The summed E-state index contributed by atoms with van der Waals surface area (Å²) in [5.41, 5.74) is 2.93. The van der Waals surface area contributed by atoms with Gasteiger partial charge in [-0.3, -0.25) is 0 Å². The van der Waals surface area contributed by atoms with Gasteiger partial charge in [0.05, 0.1) is 0 Å². The highest BCUT2D eigenvalue weighted by Crippen LogP contribution is 2.28. The lowest BCUT2D eigenvalue weighted by molar-refractivity contribution is 0.155. The van der Waals surface area contributed by atoms with Gasteiger partial charge in [0, 0.05) is 29.8 Å². The van der Waals surface area contributed by atoms with Crippen LogP contribution < -0.4 is 10.1 Å². The number of hydrogen-bond donors (Lipinski definition) is 1. The Morgan fingerprint density at radius 1 is 1.29 bits per heavy atom. The van der Waals surface area contributed by atoms with Gasteiger partial charge < -0.3 is 19.3 Å². The third-order valence-corrected chi connectivity index (χ3v) is 3.40. The van der Waals surface area contributed by atoms with Crippen molar-refractivity contribution in [2.75, 3.05) is 14.2 Å². The second-order valence-corrected chi connectivity index (χ2v) is 5.66. The lowest BCUT2D eigenvalue weighted by Crippen LogP contribution is -2.09. The van der Waals surface area contributed by atoms with Crippen LogP contribution in [0, 0.1) is 6.92 Å². The molecule has 2 rings (SSSR count). The van der Waals surface area contributed by atoms with E-state index in [0.717, 1.165) is 33.6 Å². The van der Waals surface area contributed by atoms with E-state index in [9.17, 15) is 0 Å². The standard InChI is InChI=1S/C15H19BrN2O3/c1-10-4-12(16)5-11(7-17-2)15(10)20-8-13-6-14(9-19-3)21-18-13/h4-6,17H,7-9H2,1-3H3. The van der Waals surface area contributed by atoms with Crippen LogP contribution >= 0.6 is 15.9 Å². The van der Waals surface area contributed by atoms with Gasteiger partial charge in [0.15, 0.2) is 5.76 Å². The molecule has 1 N–H and O–H groups in total. The van der Waals surface area contributed by atoms with Crippen LogP contribution in [0.4, 0.5) is 0 Å². The minimum Gasteiger partial charge on any atom is -0.487 e. The predicted octanol–water partition coefficient (Wildman–Crippen LogP) is 3.19. The van der Waals surface area contributed by atoms with Crippen LogP contribution in [0.3, 0.4) is 0 Å². The molecule has 2 aromatic rings. The minimum absolute atomic E-state index is 0.367. The average Bonchev–Trinajstić information content (AvgIpc) is 2.86. The van der Waals surface area contributed by atoms with Crippen molar-refractivity contribution in [3.05, 3.63) is 45.3 Å². The Bertz CT molecular complexity index is 599. The van der Waals surface area contributed by atoms with Crippen LogP contribution in [0.15, 0.2) is 27.2 Å². The van der Waals surface area contributed by atoms with Crippen molar-refractivity contribution in [3.8, 4) is 5.75 Å². The zero-order chi connectivity index (χ0) is 15.2. The van der Waals surface area contributed by atoms with Crippen LogP contribution in [0.5, 0.6) is 5.75 Å². The number of benzene rings is 1. The Kier molecular flexibility index (Phi) is 5.78. The zero-order valence-electron chi connectivity index (χ0n) is 12.4. The first-order valence-electron chi connectivity index (χ1n) is 6.64. The first kappa shape index (κ1) is 16.0. The summed E-state index contributed by atoms with van der Waals surface area (Å²) in [5.74, 6) is 1.57. The monoisotopic (exact) mass is 354 g/mol. The van der Waals surface area contributed by atoms with Gasteiger partial charge in [0.2, 0.25) is 0 Å². The van der Waals surface area contributed by atoms with Crippen LogP contribution in [0.2, 0.25) is 0 Å². The summed E-state index contributed by atoms with van der Waals surface area (Å²) >= 11 is 3.51. The Morgan fingerprint density at radius 2 is 2.10 bits per heavy atom. The van der Waals surface area contributed by atoms with Gasteiger partial charge in [-0.05, 0) is 31.7 Å². The van der Waals surface area contributed by atoms with E-state index in [4.69, 9.17) is 14.0 Å². The van der Waals surface area contributed by atoms with E-state index in [-0.39, 0.29) is 0 Å². The Balaban J connectivity index is 2.11. The van der Waals surface area contributed by atoms with Crippen LogP contribution in [0.25, 0.3) is 0 Å². The van der Waals surface area contributed by atoms with E-state index < -0.39 is 0 Å². The summed E-state index contributed by atoms with van der Waals surface area (Å²) < 4.78 is 17.1. The molecule has 1 heterocycles. The maximum Gasteiger partial charge on any atom is 0.162 e. The van der Waals surface area contributed by atoms with Crippen molar-refractivity contribution in [2.45, 2.75) is 26.7 Å². The summed E-state index contributed by atoms with van der Waals surface area (Å²) in [6.45, 7) is 3.55. The van der Waals surface area contributed by atoms with E-state index in [1.807, 2.05) is 26.1 Å². The molecular weight excluding hydrogens is 336 g/mol. The SMILES string of the molecule is CNCc1cc(Br)cc(C)c1OCc1cc(COC)on1. The highest BCUT2D eigenvalue weighted by atomic mass is 79.9. The Labute approximate surface area is 132 Å². The number of nitrogens with zero attached hydrogens (tertiary/aromatic N) is 1. The van der Waals surface area contributed by atoms with Crippen LogP contribution in [0.1, 0.15) is 22.6 Å². The minimum atomic E-state index is 0.367. The molecule has 0 saturated carbocycles. The van der Waals surface area contributed by atoms with Gasteiger partial charge in [-0.15, -0.1) is 0 Å². The van der Waals surface area contributed by atoms with Crippen molar-refractivity contribution in [2.24, 2.45) is 0 Å². The predicted molar refractivity (Wildman–Crippen MR) is 83.2 cm³/mol. The third kappa shape index (κ3) is 4.30. The molecule has 0 amide bonds. The number of aromatic nitrogens is 1. The van der Waals surface area contributed by atoms with Crippen molar-refractivity contribution in [3.63, 3.8) is 0 Å². The van der Waals surface area contributed by atoms with Gasteiger partial charge in [-0.25, -0.2) is 0 Å². The molecule has 1 aromatic heterocycles. The molecule has 6 heteroatoms. The lowest BCUT2D eigenvalue weighted by atomic mass is 10.1. The van der Waals surface area contributed by atoms with E-state index in [1.54, 1.807) is 7.11 Å². The molecule has 0 radical (unpaired) electrons. The molecule has 5 nitrogen and oxygen atoms in total. The van der Waals surface area contributed by atoms with Crippen molar-refractivity contribution >= 4 is 15.9 Å². The van der Waals surface area contributed by atoms with E-state index >= 15 is 0 Å². The number of nitrogens with one attached hydrogen (secondary N) is 1. The molecule has 1 aromatic carbocycles. The molecule has 0 saturated heterocycles. The van der Waals surface area contributed by atoms with Gasteiger partial charge in [-0.1, -0.05) is 21.1 Å². The van der Waals surface area contributed by atoms with Crippen molar-refractivity contribution in [1.29, 1.82) is 0 Å². The smallest absolute Gasteiger partial charge is 0.162 e. The molecule has 0 fully saturated rings. The van der Waals surface area contributed by atoms with Gasteiger partial charge in [0.25, 0.3) is 0 Å². The number of hydrogen-bond acceptors (Lipinski definition) is 5. The van der Waals surface area contributed by atoms with Gasteiger partial charge in [0.1, 0.15) is 24.7 Å². The van der Waals surface area contributed by atoms with Crippen molar-refractivity contribution < 1.29 is 14.0 Å². The Morgan fingerprint density at radius 3 is 2.81 bits per heavy atom. The normalized spacial score (nSPS) is 10.9. The highest BCUT2D eigenvalue weighted by Gasteiger charge is 2.11. The molecule has 0 aliphatic heterocycles. The second-order valence-electron chi connectivity index (χ2n) is 4.75. The van der Waals surface area contributed by atoms with E-state index in [2.05, 4.69) is 32.5 Å². The summed E-state index contributed by atoms with van der Waals surface area (Å²) in [6.07, 6.45) is 0. The molecule has 0 unspecified atom stereocenters. The topological polar surface area (TPSA) is 56.5 Å². The first-order chi connectivity index (χ1) is 10.1. The molecular formula is C15H19BrN2O3. The molecule has 21 heavy (non-hydrogen) atoms. The number of rotatable bonds is 7. The van der Waals surface area contributed by atoms with E-state index in [1.165, 1.54) is 0 Å². The number of ether oxygens (including phenoxy) is 2. The summed E-state index contributed by atoms with van der Waals surface area (Å²) in [5, 5.41) is 7.11. The van der Waals surface area contributed by atoms with E-state index in [0.29, 0.717) is 19.0 Å². The number of halogens is 1. The second kappa shape index (κ2) is 7.59. The maximum absolute atomic E-state index is 5.93. The zero-order valence-corrected chi connectivity index (χ0v) is 14.0. The first-order valence-corrected chi connectivity index (χ1v) is 7.43. The Hall–Kier alpha value is -1.37. The van der Waals surface area contributed by atoms with Gasteiger partial charge in [-0.2, -0.15) is 0 Å². The fourth-order valence-electron chi connectivity index (χ4n) is 2.11. The van der Waals surface area contributed by atoms with Gasteiger partial charge >= 0.3 is 0 Å². The number of aryl methyl sites for hydroxylation is 1. The maximum atomic E-state index is 5.93. The number of methoxy groups -OCH3 is 1. The molecule has 0 spiro atoms. The molecule has 114 valence electrons. The lowest BCUT2D eigenvalue weighted by Gasteiger charge is -2.14. The van der Waals surface area contributed by atoms with Crippen LogP contribution in [-0.4, -0.2) is 19.3 Å². The van der Waals surface area contributed by atoms with Crippen molar-refractivity contribution in [1.82, 2.24) is 10.5 Å². The molecule has 0 aliphatic rings. The molecule has 0 aliphatic carbocycles. The quantitative estimate of drug-likeness (QED) is 0.827. The largest absolute Gasteiger partial charge is 0.487 e.